The van der Waals surface area contributed by atoms with Crippen LogP contribution in [-0.2, 0) is 6.54 Å². The highest BCUT2D eigenvalue weighted by Crippen LogP contribution is 2.33. The smallest absolute Gasteiger partial charge is 0.356 e. The molecule has 40 heavy (non-hydrogen) atoms. The number of piperazine rings is 1. The van der Waals surface area contributed by atoms with Crippen LogP contribution in [0.4, 0.5) is 5.69 Å². The summed E-state index contributed by atoms with van der Waals surface area (Å²) in [7, 11) is 2.15. The summed E-state index contributed by atoms with van der Waals surface area (Å²) >= 11 is 5.93. The average molecular weight is 561 g/mol. The Balaban J connectivity index is 1.50. The number of hydrogen-bond acceptors (Lipinski definition) is 7. The lowest BCUT2D eigenvalue weighted by atomic mass is 9.98. The number of benzene rings is 2. The number of carboxylic acid groups (broad SMARTS) is 1. The lowest BCUT2D eigenvalue weighted by molar-refractivity contribution is 0.0691. The van der Waals surface area contributed by atoms with Gasteiger partial charge in [-0.05, 0) is 57.1 Å². The van der Waals surface area contributed by atoms with E-state index in [1.807, 2.05) is 38.1 Å². The van der Waals surface area contributed by atoms with E-state index in [9.17, 15) is 14.7 Å². The maximum Gasteiger partial charge on any atom is 0.356 e. The van der Waals surface area contributed by atoms with E-state index >= 15 is 0 Å². The van der Waals surface area contributed by atoms with Crippen LogP contribution >= 0.6 is 11.6 Å². The number of likely N-dealkylation sites (N-methyl/N-ethyl adjacent to an activating group) is 1. The predicted octanol–water partition coefficient (Wildman–Crippen LogP) is 5.74. The van der Waals surface area contributed by atoms with Crippen LogP contribution < -0.4 is 10.7 Å². The summed E-state index contributed by atoms with van der Waals surface area (Å²) in [5, 5.41) is 13.4. The first-order valence-electron chi connectivity index (χ1n) is 13.3. The molecule has 3 heterocycles. The molecule has 1 atom stereocenters. The Labute approximate surface area is 238 Å². The summed E-state index contributed by atoms with van der Waals surface area (Å²) in [5.74, 6) is -0.660. The van der Waals surface area contributed by atoms with E-state index in [4.69, 9.17) is 16.0 Å². The number of pyridine rings is 1. The SMILES string of the molecule is Cc1cc([C@@H](C)Nc2ccc(Cl)nc2C(=O)O)c2oc(-c3ccc(CN4CCN(C)CC4)cc3)c(C)c(=O)c2c1. The standard InChI is InChI=1S/C31H33ClN4O4/c1-18-15-23(20(3)33-25-9-10-26(32)34-27(25)31(38)39)30-24(16-18)28(37)19(2)29(40-30)22-7-5-21(6-8-22)17-36-13-11-35(4)12-14-36/h5-10,15-16,20,33H,11-14,17H2,1-4H3,(H,38,39)/t20-/m1/s1. The zero-order valence-corrected chi connectivity index (χ0v) is 23.9. The summed E-state index contributed by atoms with van der Waals surface area (Å²) in [5.41, 5.74) is 4.77. The van der Waals surface area contributed by atoms with Crippen molar-refractivity contribution in [2.75, 3.05) is 38.5 Å². The van der Waals surface area contributed by atoms with Crippen molar-refractivity contribution in [1.29, 1.82) is 0 Å². The molecule has 0 amide bonds. The molecular weight excluding hydrogens is 528 g/mol. The van der Waals surface area contributed by atoms with Crippen molar-refractivity contribution in [3.05, 3.63) is 91.9 Å². The lowest BCUT2D eigenvalue weighted by Crippen LogP contribution is -2.43. The van der Waals surface area contributed by atoms with Crippen molar-refractivity contribution in [3.8, 4) is 11.3 Å². The molecule has 2 aromatic heterocycles. The minimum absolute atomic E-state index is 0.0886. The van der Waals surface area contributed by atoms with Crippen LogP contribution in [-0.4, -0.2) is 59.1 Å². The number of aromatic carboxylic acids is 1. The maximum absolute atomic E-state index is 13.6. The van der Waals surface area contributed by atoms with Crippen LogP contribution in [0.2, 0.25) is 5.15 Å². The third kappa shape index (κ3) is 5.75. The van der Waals surface area contributed by atoms with E-state index in [-0.39, 0.29) is 16.3 Å². The Hall–Kier alpha value is -3.72. The molecule has 0 saturated carbocycles. The number of nitrogens with zero attached hydrogens (tertiary/aromatic N) is 3. The van der Waals surface area contributed by atoms with Crippen LogP contribution in [0, 0.1) is 13.8 Å². The van der Waals surface area contributed by atoms with Crippen LogP contribution in [0.1, 0.15) is 45.7 Å². The van der Waals surface area contributed by atoms with Gasteiger partial charge in [0.2, 0.25) is 0 Å². The Bertz CT molecular complexity index is 1630. The third-order valence-electron chi connectivity index (χ3n) is 7.51. The molecule has 208 valence electrons. The second-order valence-electron chi connectivity index (χ2n) is 10.6. The molecule has 0 bridgehead atoms. The van der Waals surface area contributed by atoms with Crippen molar-refractivity contribution in [3.63, 3.8) is 0 Å². The highest BCUT2D eigenvalue weighted by atomic mass is 35.5. The Morgan fingerprint density at radius 2 is 1.80 bits per heavy atom. The number of anilines is 1. The topological polar surface area (TPSA) is 98.9 Å². The third-order valence-corrected chi connectivity index (χ3v) is 7.72. The zero-order valence-electron chi connectivity index (χ0n) is 23.1. The van der Waals surface area contributed by atoms with E-state index < -0.39 is 12.0 Å². The lowest BCUT2D eigenvalue weighted by Gasteiger charge is -2.32. The van der Waals surface area contributed by atoms with Gasteiger partial charge in [-0.15, -0.1) is 0 Å². The largest absolute Gasteiger partial charge is 0.476 e. The van der Waals surface area contributed by atoms with Crippen LogP contribution in [0.3, 0.4) is 0 Å². The first kappa shape index (κ1) is 27.8. The molecule has 1 fully saturated rings. The molecule has 1 aliphatic rings. The fourth-order valence-corrected chi connectivity index (χ4v) is 5.36. The number of nitrogens with one attached hydrogen (secondary N) is 1. The molecule has 9 heteroatoms. The molecule has 2 aromatic carbocycles. The van der Waals surface area contributed by atoms with Crippen molar-refractivity contribution >= 4 is 34.2 Å². The predicted molar refractivity (Wildman–Crippen MR) is 158 cm³/mol. The Kier molecular flexibility index (Phi) is 7.94. The van der Waals surface area contributed by atoms with Gasteiger partial charge in [0.25, 0.3) is 0 Å². The molecule has 0 radical (unpaired) electrons. The molecule has 8 nitrogen and oxygen atoms in total. The monoisotopic (exact) mass is 560 g/mol. The van der Waals surface area contributed by atoms with Crippen molar-refractivity contribution < 1.29 is 14.3 Å². The minimum atomic E-state index is -1.19. The van der Waals surface area contributed by atoms with Crippen molar-refractivity contribution in [2.24, 2.45) is 0 Å². The summed E-state index contributed by atoms with van der Waals surface area (Å²) < 4.78 is 6.49. The number of fused-ring (bicyclic) bond motifs is 1. The van der Waals surface area contributed by atoms with Gasteiger partial charge in [-0.2, -0.15) is 0 Å². The molecular formula is C31H33ClN4O4. The number of halogens is 1. The maximum atomic E-state index is 13.6. The normalized spacial score (nSPS) is 15.3. The second kappa shape index (κ2) is 11.4. The minimum Gasteiger partial charge on any atom is -0.476 e. The van der Waals surface area contributed by atoms with Crippen molar-refractivity contribution in [1.82, 2.24) is 14.8 Å². The average Bonchev–Trinajstić information content (AvgIpc) is 2.93. The zero-order chi connectivity index (χ0) is 28.6. The number of aryl methyl sites for hydroxylation is 1. The molecule has 0 aliphatic carbocycles. The van der Waals surface area contributed by atoms with Gasteiger partial charge in [0.15, 0.2) is 11.1 Å². The van der Waals surface area contributed by atoms with Crippen LogP contribution in [0.15, 0.2) is 57.7 Å². The fourth-order valence-electron chi connectivity index (χ4n) is 5.22. The molecule has 2 N–H and O–H groups in total. The number of aromatic nitrogens is 1. The van der Waals surface area contributed by atoms with Gasteiger partial charge in [-0.1, -0.05) is 41.9 Å². The van der Waals surface area contributed by atoms with Gasteiger partial charge in [-0.3, -0.25) is 9.69 Å². The molecule has 5 rings (SSSR count). The summed E-state index contributed by atoms with van der Waals surface area (Å²) in [6.45, 7) is 10.7. The first-order valence-corrected chi connectivity index (χ1v) is 13.7. The van der Waals surface area contributed by atoms with E-state index in [0.717, 1.165) is 49.4 Å². The Morgan fingerprint density at radius 3 is 2.48 bits per heavy atom. The Morgan fingerprint density at radius 1 is 1.10 bits per heavy atom. The molecule has 1 saturated heterocycles. The van der Waals surface area contributed by atoms with Gasteiger partial charge in [-0.25, -0.2) is 9.78 Å². The van der Waals surface area contributed by atoms with Crippen LogP contribution in [0.5, 0.6) is 0 Å². The fraction of sp³-hybridized carbons (Fsp3) is 0.323. The van der Waals surface area contributed by atoms with Gasteiger partial charge >= 0.3 is 5.97 Å². The van der Waals surface area contributed by atoms with E-state index in [2.05, 4.69) is 39.3 Å². The number of carbonyl (C=O) groups is 1. The molecule has 0 spiro atoms. The van der Waals surface area contributed by atoms with E-state index in [0.29, 0.717) is 28.0 Å². The highest BCUT2D eigenvalue weighted by Gasteiger charge is 2.21. The van der Waals surface area contributed by atoms with Gasteiger partial charge in [0, 0.05) is 49.4 Å². The summed E-state index contributed by atoms with van der Waals surface area (Å²) in [4.78, 5) is 34.1. The van der Waals surface area contributed by atoms with Crippen LogP contribution in [0.25, 0.3) is 22.3 Å². The molecule has 4 aromatic rings. The van der Waals surface area contributed by atoms with Gasteiger partial charge in [0.1, 0.15) is 16.5 Å². The quantitative estimate of drug-likeness (QED) is 0.276. The second-order valence-corrected chi connectivity index (χ2v) is 11.0. The van der Waals surface area contributed by atoms with E-state index in [1.165, 1.54) is 11.6 Å². The number of rotatable bonds is 7. The molecule has 0 unspecified atom stereocenters. The molecule has 1 aliphatic heterocycles. The summed E-state index contributed by atoms with van der Waals surface area (Å²) in [6.07, 6.45) is 0. The highest BCUT2D eigenvalue weighted by molar-refractivity contribution is 6.29. The van der Waals surface area contributed by atoms with E-state index in [1.54, 1.807) is 13.0 Å². The van der Waals surface area contributed by atoms with Gasteiger partial charge in [0.05, 0.1) is 17.1 Å². The first-order chi connectivity index (χ1) is 19.1. The summed E-state index contributed by atoms with van der Waals surface area (Å²) in [6, 6.07) is 14.7. The number of hydrogen-bond donors (Lipinski definition) is 2. The van der Waals surface area contributed by atoms with Crippen molar-refractivity contribution in [2.45, 2.75) is 33.4 Å². The van der Waals surface area contributed by atoms with Gasteiger partial charge < -0.3 is 19.7 Å². The number of carboxylic acids is 1.